The summed E-state index contributed by atoms with van der Waals surface area (Å²) in [5.74, 6) is 0.996. The molecule has 4 unspecified atom stereocenters. The number of carbonyl (C=O) groups is 4. The fourth-order valence-electron chi connectivity index (χ4n) is 12.2. The summed E-state index contributed by atoms with van der Waals surface area (Å²) in [5, 5.41) is 10.6. The molecule has 0 rings (SSSR count). The Morgan fingerprint density at radius 3 is 0.717 bits per heavy atom. The Balaban J connectivity index is 5.18. The van der Waals surface area contributed by atoms with Gasteiger partial charge in [-0.25, -0.2) is 9.13 Å². The Labute approximate surface area is 607 Å². The van der Waals surface area contributed by atoms with E-state index in [-0.39, 0.29) is 25.7 Å². The van der Waals surface area contributed by atoms with Crippen LogP contribution in [0.3, 0.4) is 0 Å². The number of carbonyl (C=O) groups excluding carboxylic acids is 4. The Bertz CT molecular complexity index is 1940. The first kappa shape index (κ1) is 97.1. The van der Waals surface area contributed by atoms with Crippen molar-refractivity contribution in [2.45, 2.75) is 427 Å². The van der Waals surface area contributed by atoms with Crippen LogP contribution in [0.5, 0.6) is 0 Å². The van der Waals surface area contributed by atoms with Crippen LogP contribution in [0.2, 0.25) is 0 Å². The lowest BCUT2D eigenvalue weighted by molar-refractivity contribution is -0.161. The van der Waals surface area contributed by atoms with Crippen LogP contribution in [0.25, 0.3) is 0 Å². The highest BCUT2D eigenvalue weighted by Crippen LogP contribution is 2.45. The molecule has 0 spiro atoms. The smallest absolute Gasteiger partial charge is 0.462 e. The van der Waals surface area contributed by atoms with E-state index in [1.165, 1.54) is 205 Å². The van der Waals surface area contributed by atoms with Crippen LogP contribution in [0, 0.1) is 23.7 Å². The fourth-order valence-corrected chi connectivity index (χ4v) is 13.8. The van der Waals surface area contributed by atoms with Gasteiger partial charge in [0.2, 0.25) is 0 Å². The van der Waals surface area contributed by atoms with Crippen LogP contribution >= 0.6 is 15.6 Å². The Kier molecular flexibility index (Phi) is 67.8. The highest BCUT2D eigenvalue weighted by molar-refractivity contribution is 7.47. The molecule has 0 aliphatic rings. The van der Waals surface area contributed by atoms with Crippen LogP contribution in [-0.4, -0.2) is 96.7 Å². The van der Waals surface area contributed by atoms with Crippen LogP contribution in [0.1, 0.15) is 409 Å². The first-order valence-electron chi connectivity index (χ1n) is 41.3. The summed E-state index contributed by atoms with van der Waals surface area (Å²) in [6.45, 7) is 14.2. The zero-order valence-electron chi connectivity index (χ0n) is 65.1. The highest BCUT2D eigenvalue weighted by Gasteiger charge is 2.30. The van der Waals surface area contributed by atoms with E-state index in [4.69, 9.17) is 37.0 Å². The summed E-state index contributed by atoms with van der Waals surface area (Å²) in [7, 11) is -9.92. The fraction of sp³-hybridized carbons (Fsp3) is 0.950. The number of aliphatic hydroxyl groups is 1. The molecule has 588 valence electrons. The van der Waals surface area contributed by atoms with Crippen LogP contribution in [0.4, 0.5) is 0 Å². The number of phosphoric ester groups is 2. The monoisotopic (exact) mass is 1450 g/mol. The Morgan fingerprint density at radius 1 is 0.283 bits per heavy atom. The molecule has 0 bridgehead atoms. The third-order valence-corrected chi connectivity index (χ3v) is 21.2. The van der Waals surface area contributed by atoms with Crippen molar-refractivity contribution in [3.63, 3.8) is 0 Å². The van der Waals surface area contributed by atoms with Gasteiger partial charge in [-0.2, -0.15) is 0 Å². The molecule has 17 nitrogen and oxygen atoms in total. The van der Waals surface area contributed by atoms with Gasteiger partial charge in [0.1, 0.15) is 19.3 Å². The van der Waals surface area contributed by atoms with Gasteiger partial charge in [0.25, 0.3) is 0 Å². The molecule has 0 saturated heterocycles. The maximum absolute atomic E-state index is 13.1. The molecule has 99 heavy (non-hydrogen) atoms. The third kappa shape index (κ3) is 71.5. The summed E-state index contributed by atoms with van der Waals surface area (Å²) in [6.07, 6.45) is 55.6. The molecule has 19 heteroatoms. The van der Waals surface area contributed by atoms with Crippen molar-refractivity contribution < 1.29 is 80.2 Å². The minimum Gasteiger partial charge on any atom is -0.462 e. The number of aliphatic hydroxyl groups excluding tert-OH is 1. The molecule has 0 aromatic rings. The molecule has 0 heterocycles. The van der Waals surface area contributed by atoms with Gasteiger partial charge in [-0.05, 0) is 49.4 Å². The lowest BCUT2D eigenvalue weighted by atomic mass is 9.99. The molecule has 0 fully saturated rings. The van der Waals surface area contributed by atoms with Crippen LogP contribution < -0.4 is 0 Å². The van der Waals surface area contributed by atoms with E-state index in [1.54, 1.807) is 0 Å². The van der Waals surface area contributed by atoms with Gasteiger partial charge in [0.15, 0.2) is 12.2 Å². The number of unbranched alkanes of at least 4 members (excludes halogenated alkanes) is 41. The zero-order chi connectivity index (χ0) is 73.1. The quantitative estimate of drug-likeness (QED) is 0.0222. The first-order valence-corrected chi connectivity index (χ1v) is 44.3. The number of phosphoric acid groups is 2. The average Bonchev–Trinajstić information content (AvgIpc) is 1.04. The second-order valence-electron chi connectivity index (χ2n) is 30.2. The predicted molar refractivity (Wildman–Crippen MR) is 404 cm³/mol. The number of rotatable bonds is 77. The minimum atomic E-state index is -4.96. The van der Waals surface area contributed by atoms with Crippen molar-refractivity contribution in [3.8, 4) is 0 Å². The standard InChI is InChI=1S/C80H156O17P2/c1-9-72(7)58-50-42-34-27-23-19-15-13-11-12-14-16-20-24-28-36-46-54-62-80(85)97-76(67-91-78(83)61-53-45-39-38-43-51-59-73(8)10-2)69-95-99(88,89)93-65-74(81)64-92-98(86,87)94-68-75(66-90-77(82)60-52-44-35-31-30-33-41-49-57-71(5)6)96-79(84)63-55-47-37-29-25-21-17-18-22-26-32-40-48-56-70(3)4/h70-76,81H,9-69H2,1-8H3,(H,86,87)(H,88,89)/t72?,73?,74-,75-,76-/m1/s1. The molecule has 7 atom stereocenters. The highest BCUT2D eigenvalue weighted by atomic mass is 31.2. The number of ether oxygens (including phenoxy) is 4. The lowest BCUT2D eigenvalue weighted by Crippen LogP contribution is -2.30. The molecule has 0 amide bonds. The summed E-state index contributed by atoms with van der Waals surface area (Å²) in [5.41, 5.74) is 0. The van der Waals surface area contributed by atoms with Crippen molar-refractivity contribution in [1.82, 2.24) is 0 Å². The Morgan fingerprint density at radius 2 is 0.485 bits per heavy atom. The van der Waals surface area contributed by atoms with Gasteiger partial charge in [-0.15, -0.1) is 0 Å². The van der Waals surface area contributed by atoms with Crippen LogP contribution in [-0.2, 0) is 65.4 Å². The SMILES string of the molecule is CCC(C)CCCCCCCCCCCCCCCCCCCCC(=O)O[C@H](COC(=O)CCCCCCCCC(C)CC)COP(=O)(O)OC[C@H](O)COP(=O)(O)OC[C@@H](COC(=O)CCCCCCCCCCC(C)C)OC(=O)CCCCCCCCCCCCCCCC(C)C. The number of hydrogen-bond acceptors (Lipinski definition) is 15. The lowest BCUT2D eigenvalue weighted by Gasteiger charge is -2.21. The molecule has 3 N–H and O–H groups in total. The first-order chi connectivity index (χ1) is 47.7. The van der Waals surface area contributed by atoms with Gasteiger partial charge >= 0.3 is 39.5 Å². The second kappa shape index (κ2) is 69.1. The number of esters is 4. The van der Waals surface area contributed by atoms with Gasteiger partial charge in [-0.1, -0.05) is 357 Å². The van der Waals surface area contributed by atoms with E-state index >= 15 is 0 Å². The molecule has 0 aromatic carbocycles. The second-order valence-corrected chi connectivity index (χ2v) is 33.1. The van der Waals surface area contributed by atoms with Gasteiger partial charge < -0.3 is 33.8 Å². The molecule has 0 aliphatic carbocycles. The predicted octanol–water partition coefficient (Wildman–Crippen LogP) is 23.6. The largest absolute Gasteiger partial charge is 0.472 e. The minimum absolute atomic E-state index is 0.106. The summed E-state index contributed by atoms with van der Waals surface area (Å²) >= 11 is 0. The van der Waals surface area contributed by atoms with E-state index in [0.717, 1.165) is 120 Å². The normalized spacial score (nSPS) is 14.6. The summed E-state index contributed by atoms with van der Waals surface area (Å²) in [6, 6.07) is 0. The molecule has 0 aromatic heterocycles. The topological polar surface area (TPSA) is 237 Å². The van der Waals surface area contributed by atoms with Crippen molar-refractivity contribution in [1.29, 1.82) is 0 Å². The molecule has 0 saturated carbocycles. The van der Waals surface area contributed by atoms with Crippen molar-refractivity contribution in [2.75, 3.05) is 39.6 Å². The molecular formula is C80H156O17P2. The maximum Gasteiger partial charge on any atom is 0.472 e. The van der Waals surface area contributed by atoms with Gasteiger partial charge in [0.05, 0.1) is 26.4 Å². The third-order valence-electron chi connectivity index (χ3n) is 19.3. The van der Waals surface area contributed by atoms with E-state index < -0.39 is 97.5 Å². The average molecular weight is 1450 g/mol. The van der Waals surface area contributed by atoms with E-state index in [9.17, 15) is 43.2 Å². The van der Waals surface area contributed by atoms with Gasteiger partial charge in [0, 0.05) is 25.7 Å². The van der Waals surface area contributed by atoms with Crippen LogP contribution in [0.15, 0.2) is 0 Å². The van der Waals surface area contributed by atoms with E-state index in [1.807, 2.05) is 0 Å². The van der Waals surface area contributed by atoms with Crippen molar-refractivity contribution in [3.05, 3.63) is 0 Å². The maximum atomic E-state index is 13.1. The number of hydrogen-bond donors (Lipinski definition) is 3. The van der Waals surface area contributed by atoms with E-state index in [2.05, 4.69) is 55.4 Å². The molecule has 0 aliphatic heterocycles. The molecule has 0 radical (unpaired) electrons. The summed E-state index contributed by atoms with van der Waals surface area (Å²) in [4.78, 5) is 72.9. The summed E-state index contributed by atoms with van der Waals surface area (Å²) < 4.78 is 68.6. The van der Waals surface area contributed by atoms with Crippen molar-refractivity contribution in [2.24, 2.45) is 23.7 Å². The van der Waals surface area contributed by atoms with Gasteiger partial charge in [-0.3, -0.25) is 37.3 Å². The zero-order valence-corrected chi connectivity index (χ0v) is 66.9. The molecular weight excluding hydrogens is 1290 g/mol. The van der Waals surface area contributed by atoms with Crippen molar-refractivity contribution >= 4 is 39.5 Å². The Hall–Kier alpha value is -1.94. The van der Waals surface area contributed by atoms with E-state index in [0.29, 0.717) is 25.7 Å².